The van der Waals surface area contributed by atoms with Gasteiger partial charge in [0, 0.05) is 6.42 Å². The molecule has 0 bridgehead atoms. The second-order valence-corrected chi connectivity index (χ2v) is 6.91. The van der Waals surface area contributed by atoms with E-state index in [1.54, 1.807) is 7.11 Å². The van der Waals surface area contributed by atoms with Crippen molar-refractivity contribution < 1.29 is 4.74 Å². The number of benzene rings is 1. The molecule has 0 heterocycles. The molecule has 1 aromatic rings. The smallest absolute Gasteiger partial charge is 0.119 e. The Hall–Kier alpha value is -2.00. The lowest BCUT2D eigenvalue weighted by atomic mass is 9.54. The first-order chi connectivity index (χ1) is 10.6. The third-order valence-electron chi connectivity index (χ3n) is 5.89. The van der Waals surface area contributed by atoms with Gasteiger partial charge in [0.1, 0.15) is 5.75 Å². The summed E-state index contributed by atoms with van der Waals surface area (Å²) < 4.78 is 5.34. The topological polar surface area (TPSA) is 56.8 Å². The van der Waals surface area contributed by atoms with E-state index >= 15 is 0 Å². The van der Waals surface area contributed by atoms with Gasteiger partial charge in [0.2, 0.25) is 0 Å². The molecule has 1 fully saturated rings. The minimum Gasteiger partial charge on any atom is -0.497 e. The molecule has 3 rings (SSSR count). The fourth-order valence-electron chi connectivity index (χ4n) is 4.62. The normalized spacial score (nSPS) is 33.0. The molecule has 4 atom stereocenters. The van der Waals surface area contributed by atoms with E-state index in [-0.39, 0.29) is 11.3 Å². The first-order valence-electron chi connectivity index (χ1n) is 8.08. The molecule has 0 radical (unpaired) electrons. The van der Waals surface area contributed by atoms with Crippen LogP contribution in [0.15, 0.2) is 18.2 Å². The summed E-state index contributed by atoms with van der Waals surface area (Å²) in [7, 11) is 1.70. The van der Waals surface area contributed by atoms with Crippen molar-refractivity contribution in [2.45, 2.75) is 44.9 Å². The highest BCUT2D eigenvalue weighted by Crippen LogP contribution is 2.55. The standard InChI is InChI=1S/C19H22N2O/c1-19(12-21)9-7-16-15-6-4-14(22-2)11-13(15)3-5-17(16)18(19)8-10-20/h4,6,11,16-18H,3,5,7-9H2,1-2H3/t16-,17-,18+,19-/m1/s1. The largest absolute Gasteiger partial charge is 0.497 e. The molecule has 0 amide bonds. The van der Waals surface area contributed by atoms with E-state index in [9.17, 15) is 10.5 Å². The Morgan fingerprint density at radius 2 is 2.14 bits per heavy atom. The summed E-state index contributed by atoms with van der Waals surface area (Å²) in [5.41, 5.74) is 2.46. The predicted molar refractivity (Wildman–Crippen MR) is 84.2 cm³/mol. The number of ether oxygens (including phenoxy) is 1. The van der Waals surface area contributed by atoms with Gasteiger partial charge < -0.3 is 4.74 Å². The Labute approximate surface area is 132 Å². The molecule has 3 heteroatoms. The maximum absolute atomic E-state index is 9.63. The van der Waals surface area contributed by atoms with Crippen LogP contribution in [0.25, 0.3) is 0 Å². The molecule has 0 aliphatic heterocycles. The Balaban J connectivity index is 1.97. The molecule has 3 nitrogen and oxygen atoms in total. The van der Waals surface area contributed by atoms with Crippen LogP contribution >= 0.6 is 0 Å². The Kier molecular flexibility index (Phi) is 3.83. The number of aryl methyl sites for hydroxylation is 1. The average molecular weight is 294 g/mol. The van der Waals surface area contributed by atoms with Crippen LogP contribution in [-0.2, 0) is 6.42 Å². The van der Waals surface area contributed by atoms with Crippen molar-refractivity contribution in [3.05, 3.63) is 29.3 Å². The molecule has 0 aromatic heterocycles. The number of methoxy groups -OCH3 is 1. The second-order valence-electron chi connectivity index (χ2n) is 6.91. The van der Waals surface area contributed by atoms with Gasteiger partial charge >= 0.3 is 0 Å². The van der Waals surface area contributed by atoms with Crippen LogP contribution in [0.2, 0.25) is 0 Å². The van der Waals surface area contributed by atoms with Gasteiger partial charge in [0.05, 0.1) is 24.7 Å². The first kappa shape index (κ1) is 14.9. The van der Waals surface area contributed by atoms with Gasteiger partial charge in [-0.05, 0) is 73.6 Å². The lowest BCUT2D eigenvalue weighted by Crippen LogP contribution is -2.41. The summed E-state index contributed by atoms with van der Waals surface area (Å²) in [4.78, 5) is 0. The quantitative estimate of drug-likeness (QED) is 0.821. The minimum atomic E-state index is -0.346. The second kappa shape index (κ2) is 5.65. The lowest BCUT2D eigenvalue weighted by molar-refractivity contribution is 0.0775. The Morgan fingerprint density at radius 3 is 2.82 bits per heavy atom. The number of rotatable bonds is 2. The number of nitriles is 2. The van der Waals surface area contributed by atoms with Crippen molar-refractivity contribution in [1.82, 2.24) is 0 Å². The van der Waals surface area contributed by atoms with Gasteiger partial charge in [-0.2, -0.15) is 10.5 Å². The van der Waals surface area contributed by atoms with E-state index in [0.29, 0.717) is 18.3 Å². The molecule has 2 aliphatic rings. The van der Waals surface area contributed by atoms with Crippen molar-refractivity contribution >= 4 is 0 Å². The predicted octanol–water partition coefficient (Wildman–Crippen LogP) is 4.19. The minimum absolute atomic E-state index is 0.191. The van der Waals surface area contributed by atoms with Crippen LogP contribution in [0.3, 0.4) is 0 Å². The van der Waals surface area contributed by atoms with Crippen molar-refractivity contribution in [3.8, 4) is 17.9 Å². The molecule has 0 unspecified atom stereocenters. The van der Waals surface area contributed by atoms with Crippen molar-refractivity contribution in [2.75, 3.05) is 7.11 Å². The van der Waals surface area contributed by atoms with Gasteiger partial charge in [-0.3, -0.25) is 0 Å². The van der Waals surface area contributed by atoms with Crippen LogP contribution in [0, 0.1) is 39.9 Å². The third-order valence-corrected chi connectivity index (χ3v) is 5.89. The van der Waals surface area contributed by atoms with Crippen LogP contribution in [0.1, 0.15) is 49.7 Å². The monoisotopic (exact) mass is 294 g/mol. The highest BCUT2D eigenvalue weighted by atomic mass is 16.5. The molecular weight excluding hydrogens is 272 g/mol. The van der Waals surface area contributed by atoms with E-state index in [2.05, 4.69) is 31.2 Å². The fourth-order valence-corrected chi connectivity index (χ4v) is 4.62. The van der Waals surface area contributed by atoms with Crippen molar-refractivity contribution in [3.63, 3.8) is 0 Å². The number of nitrogens with zero attached hydrogens (tertiary/aromatic N) is 2. The number of fused-ring (bicyclic) bond motifs is 3. The average Bonchev–Trinajstić information content (AvgIpc) is 2.56. The summed E-state index contributed by atoms with van der Waals surface area (Å²) in [5, 5.41) is 18.8. The van der Waals surface area contributed by atoms with Gasteiger partial charge in [-0.15, -0.1) is 0 Å². The zero-order chi connectivity index (χ0) is 15.7. The van der Waals surface area contributed by atoms with Crippen LogP contribution in [-0.4, -0.2) is 7.11 Å². The van der Waals surface area contributed by atoms with Gasteiger partial charge in [-0.1, -0.05) is 6.07 Å². The molecular formula is C19H22N2O. The molecule has 22 heavy (non-hydrogen) atoms. The van der Waals surface area contributed by atoms with Crippen LogP contribution < -0.4 is 4.74 Å². The maximum atomic E-state index is 9.63. The highest BCUT2D eigenvalue weighted by molar-refractivity contribution is 5.40. The molecule has 114 valence electrons. The molecule has 0 saturated heterocycles. The zero-order valence-corrected chi connectivity index (χ0v) is 13.3. The third kappa shape index (κ3) is 2.26. The summed E-state index contributed by atoms with van der Waals surface area (Å²) in [6.07, 6.45) is 4.54. The maximum Gasteiger partial charge on any atom is 0.119 e. The molecule has 2 aliphatic carbocycles. The highest BCUT2D eigenvalue weighted by Gasteiger charge is 2.48. The van der Waals surface area contributed by atoms with E-state index in [0.717, 1.165) is 31.4 Å². The summed E-state index contributed by atoms with van der Waals surface area (Å²) in [5.74, 6) is 2.06. The summed E-state index contributed by atoms with van der Waals surface area (Å²) in [6, 6.07) is 11.2. The molecule has 1 saturated carbocycles. The lowest BCUT2D eigenvalue weighted by Gasteiger charge is -2.48. The van der Waals surface area contributed by atoms with Gasteiger partial charge in [0.15, 0.2) is 0 Å². The summed E-state index contributed by atoms with van der Waals surface area (Å²) in [6.45, 7) is 2.05. The van der Waals surface area contributed by atoms with Crippen LogP contribution in [0.4, 0.5) is 0 Å². The van der Waals surface area contributed by atoms with Crippen molar-refractivity contribution in [2.24, 2.45) is 17.3 Å². The van der Waals surface area contributed by atoms with E-state index in [1.165, 1.54) is 11.1 Å². The Bertz CT molecular complexity index is 654. The Morgan fingerprint density at radius 1 is 1.32 bits per heavy atom. The van der Waals surface area contributed by atoms with E-state index < -0.39 is 0 Å². The van der Waals surface area contributed by atoms with E-state index in [4.69, 9.17) is 4.74 Å². The van der Waals surface area contributed by atoms with E-state index in [1.807, 2.05) is 6.07 Å². The molecule has 1 aromatic carbocycles. The van der Waals surface area contributed by atoms with Crippen LogP contribution in [0.5, 0.6) is 5.75 Å². The SMILES string of the molecule is COc1ccc2c(c1)CC[C@@H]1[C@@H]2CC[C@](C)(C#N)[C@H]1CC#N. The number of hydrogen-bond donors (Lipinski definition) is 0. The van der Waals surface area contributed by atoms with Gasteiger partial charge in [0.25, 0.3) is 0 Å². The molecule has 0 N–H and O–H groups in total. The van der Waals surface area contributed by atoms with Gasteiger partial charge in [-0.25, -0.2) is 0 Å². The number of hydrogen-bond acceptors (Lipinski definition) is 3. The fraction of sp³-hybridized carbons (Fsp3) is 0.579. The summed E-state index contributed by atoms with van der Waals surface area (Å²) >= 11 is 0. The van der Waals surface area contributed by atoms with Crippen molar-refractivity contribution in [1.29, 1.82) is 10.5 Å². The molecule has 0 spiro atoms. The zero-order valence-electron chi connectivity index (χ0n) is 13.3. The first-order valence-corrected chi connectivity index (χ1v) is 8.08.